The highest BCUT2D eigenvalue weighted by atomic mass is 31.2. The number of nitrogens with zero attached hydrogens (tertiary/aromatic N) is 1. The van der Waals surface area contributed by atoms with Crippen LogP contribution < -0.4 is 9.05 Å². The molecule has 4 aromatic carbocycles. The molecule has 0 fully saturated rings. The van der Waals surface area contributed by atoms with Crippen molar-refractivity contribution < 1.29 is 13.6 Å². The molecule has 0 N–H and O–H groups in total. The summed E-state index contributed by atoms with van der Waals surface area (Å²) < 4.78 is 26.3. The van der Waals surface area contributed by atoms with Gasteiger partial charge in [-0.2, -0.15) is 0 Å². The van der Waals surface area contributed by atoms with Crippen molar-refractivity contribution in [1.82, 2.24) is 0 Å². The zero-order chi connectivity index (χ0) is 20.7. The molecule has 0 aliphatic rings. The average Bonchev–Trinajstić information content (AvgIpc) is 2.80. The Balaban J connectivity index is 1.86. The van der Waals surface area contributed by atoms with Crippen molar-refractivity contribution in [2.75, 3.05) is 0 Å². The van der Waals surface area contributed by atoms with Gasteiger partial charge < -0.3 is 9.05 Å². The van der Waals surface area contributed by atoms with Crippen LogP contribution in [0.25, 0.3) is 0 Å². The maximum absolute atomic E-state index is 14.3. The van der Waals surface area contributed by atoms with Crippen molar-refractivity contribution in [3.8, 4) is 11.5 Å². The van der Waals surface area contributed by atoms with Gasteiger partial charge in [0.2, 0.25) is 0 Å². The summed E-state index contributed by atoms with van der Waals surface area (Å²) >= 11 is 0. The van der Waals surface area contributed by atoms with Gasteiger partial charge in [0.15, 0.2) is 5.45 Å². The minimum atomic E-state index is -3.91. The maximum atomic E-state index is 14.3. The Morgan fingerprint density at radius 1 is 0.567 bits per heavy atom. The number of aliphatic imine (C=N–C) groups is 1. The van der Waals surface area contributed by atoms with Crippen molar-refractivity contribution in [1.29, 1.82) is 0 Å². The van der Waals surface area contributed by atoms with Gasteiger partial charge in [-0.1, -0.05) is 84.9 Å². The van der Waals surface area contributed by atoms with Gasteiger partial charge in [-0.05, 0) is 36.4 Å². The largest absolute Gasteiger partial charge is 0.481 e. The first-order valence-corrected chi connectivity index (χ1v) is 11.1. The predicted octanol–water partition coefficient (Wildman–Crippen LogP) is 7.12. The molecule has 0 spiro atoms. The molecule has 0 amide bonds. The van der Waals surface area contributed by atoms with Crippen LogP contribution in [0.1, 0.15) is 5.56 Å². The molecule has 0 atom stereocenters. The monoisotopic (exact) mass is 413 g/mol. The van der Waals surface area contributed by atoms with Crippen molar-refractivity contribution in [2.45, 2.75) is 0 Å². The van der Waals surface area contributed by atoms with Gasteiger partial charge in [-0.25, -0.2) is 9.56 Å². The Morgan fingerprint density at radius 2 is 0.967 bits per heavy atom. The molecule has 0 unspecified atom stereocenters. The van der Waals surface area contributed by atoms with E-state index in [9.17, 15) is 4.57 Å². The lowest BCUT2D eigenvalue weighted by Gasteiger charge is -2.22. The second kappa shape index (κ2) is 9.25. The Kier molecular flexibility index (Phi) is 6.07. The lowest BCUT2D eigenvalue weighted by atomic mass is 10.2. The lowest BCUT2D eigenvalue weighted by Crippen LogP contribution is -2.13. The summed E-state index contributed by atoms with van der Waals surface area (Å²) in [5.41, 5.74) is 1.56. The fourth-order valence-corrected chi connectivity index (χ4v) is 4.55. The van der Waals surface area contributed by atoms with E-state index in [4.69, 9.17) is 14.0 Å². The van der Waals surface area contributed by atoms with Crippen LogP contribution in [-0.2, 0) is 4.57 Å². The molecule has 0 saturated heterocycles. The summed E-state index contributed by atoms with van der Waals surface area (Å²) in [6.45, 7) is 0. The van der Waals surface area contributed by atoms with E-state index in [-0.39, 0.29) is 5.45 Å². The number of para-hydroxylation sites is 3. The molecule has 0 aliphatic carbocycles. The maximum Gasteiger partial charge on any atom is 0.481 e. The molecule has 0 aromatic heterocycles. The fourth-order valence-electron chi connectivity index (χ4n) is 2.84. The van der Waals surface area contributed by atoms with Gasteiger partial charge in [0, 0.05) is 5.56 Å². The lowest BCUT2D eigenvalue weighted by molar-refractivity contribution is 0.402. The first-order valence-electron chi connectivity index (χ1n) is 9.52. The first kappa shape index (κ1) is 19.7. The first-order chi connectivity index (χ1) is 14.7. The zero-order valence-electron chi connectivity index (χ0n) is 16.2. The molecule has 0 heterocycles. The van der Waals surface area contributed by atoms with Crippen molar-refractivity contribution in [3.63, 3.8) is 0 Å². The van der Waals surface area contributed by atoms with E-state index in [0.29, 0.717) is 22.7 Å². The van der Waals surface area contributed by atoms with E-state index in [2.05, 4.69) is 0 Å². The number of benzene rings is 4. The highest BCUT2D eigenvalue weighted by molar-refractivity contribution is 7.73. The summed E-state index contributed by atoms with van der Waals surface area (Å²) in [6, 6.07) is 36.6. The van der Waals surface area contributed by atoms with Crippen LogP contribution in [0.5, 0.6) is 11.5 Å². The summed E-state index contributed by atoms with van der Waals surface area (Å²) in [6.07, 6.45) is 0. The number of hydrogen-bond acceptors (Lipinski definition) is 4. The Morgan fingerprint density at radius 3 is 1.43 bits per heavy atom. The number of hydrogen-bond donors (Lipinski definition) is 0. The average molecular weight is 413 g/mol. The quantitative estimate of drug-likeness (QED) is 0.239. The Labute approximate surface area is 176 Å². The van der Waals surface area contributed by atoms with E-state index in [1.54, 1.807) is 24.3 Å². The molecular weight excluding hydrogens is 393 g/mol. The second-order valence-corrected chi connectivity index (χ2v) is 8.23. The highest BCUT2D eigenvalue weighted by Gasteiger charge is 2.37. The van der Waals surface area contributed by atoms with Crippen molar-refractivity contribution in [2.24, 2.45) is 4.99 Å². The van der Waals surface area contributed by atoms with Crippen LogP contribution in [-0.4, -0.2) is 5.45 Å². The molecule has 30 heavy (non-hydrogen) atoms. The minimum Gasteiger partial charge on any atom is -0.412 e. The second-order valence-electron chi connectivity index (χ2n) is 6.44. The van der Waals surface area contributed by atoms with E-state index in [0.717, 1.165) is 0 Å². The van der Waals surface area contributed by atoms with E-state index >= 15 is 0 Å². The van der Waals surface area contributed by atoms with E-state index < -0.39 is 7.60 Å². The molecule has 4 rings (SSSR count). The molecule has 148 valence electrons. The normalized spacial score (nSPS) is 11.7. The summed E-state index contributed by atoms with van der Waals surface area (Å²) in [7, 11) is -3.91. The van der Waals surface area contributed by atoms with E-state index in [1.165, 1.54) is 0 Å². The molecular formula is C25H20NO3P. The standard InChI is InChI=1S/C25H20NO3P/c27-30(28-23-17-9-3-10-18-23,29-24-19-11-4-12-20-24)25(21-13-5-1-6-14-21)26-22-15-7-2-8-16-22/h1-20H. The summed E-state index contributed by atoms with van der Waals surface area (Å²) in [4.78, 5) is 4.70. The summed E-state index contributed by atoms with van der Waals surface area (Å²) in [5, 5.41) is 0. The SMILES string of the molecule is O=P(Oc1ccccc1)(Oc1ccccc1)C(=Nc1ccccc1)c1ccccc1. The fraction of sp³-hybridized carbons (Fsp3) is 0. The zero-order valence-corrected chi connectivity index (χ0v) is 17.1. The third-order valence-corrected chi connectivity index (χ3v) is 6.00. The topological polar surface area (TPSA) is 47.9 Å². The van der Waals surface area contributed by atoms with Gasteiger partial charge in [0.05, 0.1) is 5.69 Å². The molecule has 5 heteroatoms. The highest BCUT2D eigenvalue weighted by Crippen LogP contribution is 2.52. The Bertz CT molecular complexity index is 1100. The van der Waals surface area contributed by atoms with Crippen LogP contribution >= 0.6 is 7.60 Å². The number of rotatable bonds is 7. The molecule has 0 bridgehead atoms. The van der Waals surface area contributed by atoms with Crippen LogP contribution in [0, 0.1) is 0 Å². The molecule has 4 aromatic rings. The van der Waals surface area contributed by atoms with Crippen molar-refractivity contribution >= 4 is 18.7 Å². The minimum absolute atomic E-state index is 0.238. The predicted molar refractivity (Wildman–Crippen MR) is 121 cm³/mol. The van der Waals surface area contributed by atoms with E-state index in [1.807, 2.05) is 97.1 Å². The van der Waals surface area contributed by atoms with Crippen LogP contribution in [0.3, 0.4) is 0 Å². The molecule has 0 aliphatic heterocycles. The van der Waals surface area contributed by atoms with Gasteiger partial charge in [-0.15, -0.1) is 0 Å². The molecule has 0 saturated carbocycles. The van der Waals surface area contributed by atoms with Crippen LogP contribution in [0.15, 0.2) is 126 Å². The third kappa shape index (κ3) is 4.86. The van der Waals surface area contributed by atoms with Crippen LogP contribution in [0.2, 0.25) is 0 Å². The summed E-state index contributed by atoms with van der Waals surface area (Å²) in [5.74, 6) is 0.877. The Hall–Kier alpha value is -3.62. The van der Waals surface area contributed by atoms with Gasteiger partial charge in [0.25, 0.3) is 0 Å². The van der Waals surface area contributed by atoms with Crippen molar-refractivity contribution in [3.05, 3.63) is 127 Å². The third-order valence-electron chi connectivity index (χ3n) is 4.22. The van der Waals surface area contributed by atoms with Gasteiger partial charge in [0.1, 0.15) is 11.5 Å². The molecule has 0 radical (unpaired) electrons. The van der Waals surface area contributed by atoms with Gasteiger partial charge >= 0.3 is 7.60 Å². The van der Waals surface area contributed by atoms with Crippen LogP contribution in [0.4, 0.5) is 5.69 Å². The van der Waals surface area contributed by atoms with Gasteiger partial charge in [-0.3, -0.25) is 0 Å². The smallest absolute Gasteiger partial charge is 0.412 e. The molecule has 4 nitrogen and oxygen atoms in total.